The van der Waals surface area contributed by atoms with Crippen LogP contribution in [0.3, 0.4) is 0 Å². The van der Waals surface area contributed by atoms with E-state index in [2.05, 4.69) is 22.1 Å². The molecule has 1 aromatic rings. The molecule has 1 saturated heterocycles. The summed E-state index contributed by atoms with van der Waals surface area (Å²) in [5, 5.41) is 12.3. The van der Waals surface area contributed by atoms with Crippen molar-refractivity contribution in [3.63, 3.8) is 0 Å². The first kappa shape index (κ1) is 13.8. The van der Waals surface area contributed by atoms with Crippen molar-refractivity contribution in [2.75, 3.05) is 31.5 Å². The van der Waals surface area contributed by atoms with Crippen LogP contribution in [0.5, 0.6) is 0 Å². The number of carbonyl (C=O) groups is 1. The second kappa shape index (κ2) is 6.02. The van der Waals surface area contributed by atoms with Crippen LogP contribution in [0.25, 0.3) is 0 Å². The molecule has 19 heavy (non-hydrogen) atoms. The molecule has 0 saturated carbocycles. The third-order valence-electron chi connectivity index (χ3n) is 3.64. The summed E-state index contributed by atoms with van der Waals surface area (Å²) in [5.41, 5.74) is 1.07. The Labute approximate surface area is 113 Å². The number of nitrogens with one attached hydrogen (secondary N) is 1. The smallest absolute Gasteiger partial charge is 0.339 e. The number of aromatic nitrogens is 1. The van der Waals surface area contributed by atoms with Gasteiger partial charge in [-0.15, -0.1) is 0 Å². The maximum atomic E-state index is 11.1. The van der Waals surface area contributed by atoms with Crippen molar-refractivity contribution in [2.45, 2.75) is 20.3 Å². The number of carboxylic acids is 1. The quantitative estimate of drug-likeness (QED) is 0.848. The maximum absolute atomic E-state index is 11.1. The summed E-state index contributed by atoms with van der Waals surface area (Å²) < 4.78 is 0. The largest absolute Gasteiger partial charge is 0.478 e. The fourth-order valence-corrected chi connectivity index (χ4v) is 2.47. The number of carboxylic acid groups (broad SMARTS) is 1. The van der Waals surface area contributed by atoms with Crippen LogP contribution in [0, 0.1) is 12.8 Å². The molecular formula is C14H21N3O2. The van der Waals surface area contributed by atoms with Gasteiger partial charge in [-0.1, -0.05) is 6.92 Å². The second-order valence-corrected chi connectivity index (χ2v) is 5.08. The Morgan fingerprint density at radius 2 is 2.37 bits per heavy atom. The zero-order valence-corrected chi connectivity index (χ0v) is 11.5. The van der Waals surface area contributed by atoms with Gasteiger partial charge in [0.1, 0.15) is 11.4 Å². The molecule has 0 amide bonds. The van der Waals surface area contributed by atoms with Gasteiger partial charge in [0, 0.05) is 18.8 Å². The van der Waals surface area contributed by atoms with Gasteiger partial charge in [0.05, 0.1) is 0 Å². The van der Waals surface area contributed by atoms with Crippen LogP contribution >= 0.6 is 0 Å². The number of aromatic carboxylic acids is 1. The van der Waals surface area contributed by atoms with E-state index in [4.69, 9.17) is 5.11 Å². The summed E-state index contributed by atoms with van der Waals surface area (Å²) in [4.78, 5) is 17.8. The number of anilines is 1. The zero-order chi connectivity index (χ0) is 13.8. The molecule has 1 atom stereocenters. The Hall–Kier alpha value is -1.62. The first-order chi connectivity index (χ1) is 9.10. The molecule has 0 aromatic carbocycles. The number of aryl methyl sites for hydroxylation is 1. The van der Waals surface area contributed by atoms with E-state index in [9.17, 15) is 4.79 Å². The van der Waals surface area contributed by atoms with E-state index in [1.807, 2.05) is 6.92 Å². The van der Waals surface area contributed by atoms with Crippen LogP contribution in [0.1, 0.15) is 29.4 Å². The standard InChI is InChI=1S/C14H21N3O2/c1-3-17-7-6-11(9-17)8-15-13-12(14(18)19)5-4-10(2)16-13/h4-5,11H,3,6-9H2,1-2H3,(H,15,16)(H,18,19). The van der Waals surface area contributed by atoms with Crippen LogP contribution in [0.15, 0.2) is 12.1 Å². The Balaban J connectivity index is 1.99. The molecule has 1 fully saturated rings. The number of pyridine rings is 1. The van der Waals surface area contributed by atoms with E-state index in [0.29, 0.717) is 11.7 Å². The lowest BCUT2D eigenvalue weighted by Crippen LogP contribution is -2.23. The highest BCUT2D eigenvalue weighted by Crippen LogP contribution is 2.18. The molecule has 0 aliphatic carbocycles. The summed E-state index contributed by atoms with van der Waals surface area (Å²) in [5.74, 6) is 0.128. The van der Waals surface area contributed by atoms with E-state index in [0.717, 1.165) is 38.3 Å². The highest BCUT2D eigenvalue weighted by Gasteiger charge is 2.21. The minimum atomic E-state index is -0.934. The third-order valence-corrected chi connectivity index (χ3v) is 3.64. The van der Waals surface area contributed by atoms with Crippen molar-refractivity contribution in [1.29, 1.82) is 0 Å². The van der Waals surface area contributed by atoms with Gasteiger partial charge < -0.3 is 15.3 Å². The number of likely N-dealkylation sites (tertiary alicyclic amines) is 1. The fraction of sp³-hybridized carbons (Fsp3) is 0.571. The molecule has 1 unspecified atom stereocenters. The van der Waals surface area contributed by atoms with Gasteiger partial charge in [-0.25, -0.2) is 9.78 Å². The van der Waals surface area contributed by atoms with E-state index in [-0.39, 0.29) is 5.56 Å². The number of rotatable bonds is 5. The molecule has 1 aliphatic heterocycles. The lowest BCUT2D eigenvalue weighted by Gasteiger charge is -2.15. The molecular weight excluding hydrogens is 242 g/mol. The third kappa shape index (κ3) is 3.44. The van der Waals surface area contributed by atoms with Gasteiger partial charge in [0.25, 0.3) is 0 Å². The Morgan fingerprint density at radius 3 is 3.00 bits per heavy atom. The van der Waals surface area contributed by atoms with Gasteiger partial charge in [-0.3, -0.25) is 0 Å². The molecule has 0 radical (unpaired) electrons. The molecule has 1 aliphatic rings. The normalized spacial score (nSPS) is 19.6. The predicted molar refractivity (Wildman–Crippen MR) is 74.6 cm³/mol. The molecule has 5 heteroatoms. The Kier molecular flexibility index (Phi) is 4.37. The fourth-order valence-electron chi connectivity index (χ4n) is 2.47. The van der Waals surface area contributed by atoms with Crippen molar-refractivity contribution in [3.05, 3.63) is 23.4 Å². The maximum Gasteiger partial charge on any atom is 0.339 e. The van der Waals surface area contributed by atoms with Gasteiger partial charge in [0.15, 0.2) is 0 Å². The molecule has 2 rings (SSSR count). The van der Waals surface area contributed by atoms with Crippen molar-refractivity contribution in [2.24, 2.45) is 5.92 Å². The average molecular weight is 263 g/mol. The van der Waals surface area contributed by atoms with E-state index < -0.39 is 5.97 Å². The minimum absolute atomic E-state index is 0.246. The van der Waals surface area contributed by atoms with Crippen molar-refractivity contribution in [3.8, 4) is 0 Å². The molecule has 2 heterocycles. The Morgan fingerprint density at radius 1 is 1.58 bits per heavy atom. The molecule has 5 nitrogen and oxygen atoms in total. The van der Waals surface area contributed by atoms with Crippen LogP contribution in [-0.4, -0.2) is 47.1 Å². The lowest BCUT2D eigenvalue weighted by atomic mass is 10.1. The SMILES string of the molecule is CCN1CCC(CNc2nc(C)ccc2C(=O)O)C1. The van der Waals surface area contributed by atoms with Gasteiger partial charge >= 0.3 is 5.97 Å². The molecule has 0 bridgehead atoms. The van der Waals surface area contributed by atoms with Crippen LogP contribution in [0.4, 0.5) is 5.82 Å². The predicted octanol–water partition coefficient (Wildman–Crippen LogP) is 1.84. The van der Waals surface area contributed by atoms with Crippen LogP contribution in [-0.2, 0) is 0 Å². The topological polar surface area (TPSA) is 65.5 Å². The number of hydrogen-bond acceptors (Lipinski definition) is 4. The van der Waals surface area contributed by atoms with E-state index in [1.165, 1.54) is 0 Å². The summed E-state index contributed by atoms with van der Waals surface area (Å²) >= 11 is 0. The van der Waals surface area contributed by atoms with Gasteiger partial charge in [-0.05, 0) is 44.5 Å². The first-order valence-corrected chi connectivity index (χ1v) is 6.77. The van der Waals surface area contributed by atoms with E-state index in [1.54, 1.807) is 12.1 Å². The van der Waals surface area contributed by atoms with Gasteiger partial charge in [0.2, 0.25) is 0 Å². The van der Waals surface area contributed by atoms with Crippen molar-refractivity contribution < 1.29 is 9.90 Å². The monoisotopic (exact) mass is 263 g/mol. The van der Waals surface area contributed by atoms with E-state index >= 15 is 0 Å². The summed E-state index contributed by atoms with van der Waals surface area (Å²) in [6, 6.07) is 3.34. The lowest BCUT2D eigenvalue weighted by molar-refractivity contribution is 0.0697. The minimum Gasteiger partial charge on any atom is -0.478 e. The average Bonchev–Trinajstić information content (AvgIpc) is 2.84. The highest BCUT2D eigenvalue weighted by molar-refractivity contribution is 5.93. The summed E-state index contributed by atoms with van der Waals surface area (Å²) in [7, 11) is 0. The van der Waals surface area contributed by atoms with Crippen molar-refractivity contribution >= 4 is 11.8 Å². The highest BCUT2D eigenvalue weighted by atomic mass is 16.4. The molecule has 0 spiro atoms. The van der Waals surface area contributed by atoms with Crippen molar-refractivity contribution in [1.82, 2.24) is 9.88 Å². The number of nitrogens with zero attached hydrogens (tertiary/aromatic N) is 2. The Bertz CT molecular complexity index is 462. The number of hydrogen-bond donors (Lipinski definition) is 2. The zero-order valence-electron chi connectivity index (χ0n) is 11.5. The van der Waals surface area contributed by atoms with Crippen LogP contribution < -0.4 is 5.32 Å². The molecule has 104 valence electrons. The van der Waals surface area contributed by atoms with Gasteiger partial charge in [-0.2, -0.15) is 0 Å². The summed E-state index contributed by atoms with van der Waals surface area (Å²) in [6.07, 6.45) is 1.16. The molecule has 2 N–H and O–H groups in total. The summed E-state index contributed by atoms with van der Waals surface area (Å²) in [6.45, 7) is 8.12. The first-order valence-electron chi connectivity index (χ1n) is 6.77. The molecule has 1 aromatic heterocycles. The van der Waals surface area contributed by atoms with Crippen LogP contribution in [0.2, 0.25) is 0 Å². The second-order valence-electron chi connectivity index (χ2n) is 5.08.